The lowest BCUT2D eigenvalue weighted by molar-refractivity contribution is -0.141. The molecule has 2 fully saturated rings. The zero-order valence-electron chi connectivity index (χ0n) is 47.0. The van der Waals surface area contributed by atoms with Gasteiger partial charge in [0.2, 0.25) is 57.3 Å². The number of hydrogen-bond donors (Lipinski definition) is 13. The number of aliphatic imine (C=N–C) groups is 2. The second-order valence-electron chi connectivity index (χ2n) is 21.0. The highest BCUT2D eigenvalue weighted by Gasteiger charge is 2.41. The molecule has 29 heteroatoms. The van der Waals surface area contributed by atoms with Crippen molar-refractivity contribution in [2.75, 3.05) is 58.3 Å². The maximum Gasteiger partial charge on any atom is 0.245 e. The Balaban J connectivity index is 1.44. The van der Waals surface area contributed by atoms with Crippen molar-refractivity contribution in [3.8, 4) is 0 Å². The van der Waals surface area contributed by atoms with Crippen LogP contribution in [-0.2, 0) is 48.4 Å². The molecule has 0 spiro atoms. The summed E-state index contributed by atoms with van der Waals surface area (Å²) in [4.78, 5) is 122. The number of amides is 8. The molecular formula is C52H85N17O11S. The van der Waals surface area contributed by atoms with Crippen LogP contribution < -0.4 is 70.6 Å². The minimum Gasteiger partial charge on any atom is -0.391 e. The molecule has 0 aromatic heterocycles. The summed E-state index contributed by atoms with van der Waals surface area (Å²) in [6.07, 6.45) is 1.25. The summed E-state index contributed by atoms with van der Waals surface area (Å²) in [6.45, 7) is 5.02. The number of carbonyl (C=O) groups is 8. The van der Waals surface area contributed by atoms with Crippen molar-refractivity contribution >= 4 is 85.7 Å². The van der Waals surface area contributed by atoms with Crippen molar-refractivity contribution in [1.82, 2.24) is 41.1 Å². The van der Waals surface area contributed by atoms with Gasteiger partial charge in [-0.1, -0.05) is 38.1 Å². The van der Waals surface area contributed by atoms with Crippen molar-refractivity contribution < 1.29 is 51.9 Å². The van der Waals surface area contributed by atoms with Crippen LogP contribution in [0.25, 0.3) is 10.8 Å². The highest BCUT2D eigenvalue weighted by Crippen LogP contribution is 2.31. The van der Waals surface area contributed by atoms with Gasteiger partial charge in [0.25, 0.3) is 0 Å². The third kappa shape index (κ3) is 19.7. The van der Waals surface area contributed by atoms with E-state index < -0.39 is 112 Å². The molecule has 2 aromatic rings. The lowest BCUT2D eigenvalue weighted by Gasteiger charge is -2.31. The maximum atomic E-state index is 14.5. The standard InChI is InChI=1S/C52H85N17O11S/c1-30(2)28-37(66-81(79,80)41-22-9-14-32-33(41)15-8-19-38(32)67(4)5)50(78)69-27-13-21-40(69)48(76)63-35(16-6-7-23-53)46(74)65-43(31(3)70)49(77)61-29-42(71)68-26-12-20-39(68)47(75)64-36(18-11-25-60-52(57)58)45(73)62-34(44(54)72)17-10-24-59-51(55)56/h8-9,14-15,19,22,30-31,34-37,39-40,43,66,70H,6-7,10-13,16-18,20-21,23-29,53H2,1-5H3,(H2,54,72)(H,61,77)(H,62,73)(H,63,76)(H,64,75)(H,65,74)(H4,55,56,59)(H4,57,58,60)/t31-,34+,35+,36+,37+,39+,40+,43+/m1/s1. The lowest BCUT2D eigenvalue weighted by Crippen LogP contribution is -2.60. The van der Waals surface area contributed by atoms with E-state index in [1.807, 2.05) is 45.0 Å². The van der Waals surface area contributed by atoms with Crippen molar-refractivity contribution in [1.29, 1.82) is 0 Å². The molecule has 2 aliphatic heterocycles. The van der Waals surface area contributed by atoms with Crippen LogP contribution in [-0.4, -0.2) is 184 Å². The number of hydrogen-bond acceptors (Lipinski definition) is 15. The number of fused-ring (bicyclic) bond motifs is 1. The summed E-state index contributed by atoms with van der Waals surface area (Å²) < 4.78 is 31.0. The molecule has 2 heterocycles. The molecule has 450 valence electrons. The van der Waals surface area contributed by atoms with Gasteiger partial charge >= 0.3 is 0 Å². The van der Waals surface area contributed by atoms with Crippen molar-refractivity contribution in [2.45, 2.75) is 151 Å². The van der Waals surface area contributed by atoms with E-state index in [4.69, 9.17) is 34.4 Å². The van der Waals surface area contributed by atoms with E-state index in [9.17, 15) is 51.9 Å². The van der Waals surface area contributed by atoms with Crippen LogP contribution >= 0.6 is 0 Å². The Hall–Kier alpha value is -7.37. The number of benzene rings is 2. The summed E-state index contributed by atoms with van der Waals surface area (Å²) in [7, 11) is -0.610. The number of nitrogens with one attached hydrogen (secondary N) is 6. The topological polar surface area (TPSA) is 454 Å². The number of guanidine groups is 2. The number of rotatable bonds is 32. The van der Waals surface area contributed by atoms with Gasteiger partial charge in [-0.2, -0.15) is 4.72 Å². The fourth-order valence-electron chi connectivity index (χ4n) is 9.82. The Labute approximate surface area is 473 Å². The molecule has 81 heavy (non-hydrogen) atoms. The molecule has 0 saturated carbocycles. The van der Waals surface area contributed by atoms with Gasteiger partial charge in [-0.15, -0.1) is 0 Å². The van der Waals surface area contributed by atoms with Gasteiger partial charge in [-0.05, 0) is 109 Å². The molecular weight excluding hydrogens is 1070 g/mol. The molecule has 19 N–H and O–H groups in total. The van der Waals surface area contributed by atoms with Gasteiger partial charge in [-0.25, -0.2) is 8.42 Å². The fraction of sp³-hybridized carbons (Fsp3) is 0.615. The largest absolute Gasteiger partial charge is 0.391 e. The number of aliphatic hydroxyl groups is 1. The third-order valence-electron chi connectivity index (χ3n) is 13.9. The first-order valence-corrected chi connectivity index (χ1v) is 28.8. The van der Waals surface area contributed by atoms with Crippen LogP contribution in [0.15, 0.2) is 51.3 Å². The molecule has 0 unspecified atom stereocenters. The number of primary amides is 1. The van der Waals surface area contributed by atoms with Crippen LogP contribution in [0.5, 0.6) is 0 Å². The molecule has 0 bridgehead atoms. The number of aliphatic hydroxyl groups excluding tert-OH is 1. The summed E-state index contributed by atoms with van der Waals surface area (Å²) in [6, 6.07) is 1.52. The van der Waals surface area contributed by atoms with E-state index >= 15 is 0 Å². The average Bonchev–Trinajstić information content (AvgIpc) is 4.21. The molecule has 4 rings (SSSR count). The van der Waals surface area contributed by atoms with E-state index in [0.29, 0.717) is 36.5 Å². The summed E-state index contributed by atoms with van der Waals surface area (Å²) in [5.74, 6) is -6.59. The van der Waals surface area contributed by atoms with E-state index in [-0.39, 0.29) is 107 Å². The Bertz CT molecular complexity index is 2700. The Morgan fingerprint density at radius 2 is 1.21 bits per heavy atom. The van der Waals surface area contributed by atoms with Crippen molar-refractivity contribution in [2.24, 2.45) is 50.3 Å². The molecule has 0 radical (unpaired) electrons. The number of likely N-dealkylation sites (tertiary alicyclic amines) is 2. The second kappa shape index (κ2) is 31.6. The maximum absolute atomic E-state index is 14.5. The van der Waals surface area contributed by atoms with E-state index in [1.54, 1.807) is 18.2 Å². The van der Waals surface area contributed by atoms with Crippen molar-refractivity contribution in [3.05, 3.63) is 36.4 Å². The zero-order chi connectivity index (χ0) is 60.1. The Morgan fingerprint density at radius 3 is 1.75 bits per heavy atom. The Morgan fingerprint density at radius 1 is 0.679 bits per heavy atom. The number of nitrogens with zero attached hydrogens (tertiary/aromatic N) is 5. The monoisotopic (exact) mass is 1160 g/mol. The first kappa shape index (κ1) is 66.1. The van der Waals surface area contributed by atoms with Crippen LogP contribution in [0.3, 0.4) is 0 Å². The van der Waals surface area contributed by atoms with Crippen LogP contribution in [0.4, 0.5) is 5.69 Å². The SMILES string of the molecule is CC(C)C[C@H](NS(=O)(=O)c1cccc2c(N(C)C)cccc12)C(=O)N1CCC[C@H]1C(=O)N[C@@H](CCCCN)C(=O)N[C@H](C(=O)NCC(=O)N1CCC[C@H]1C(=O)N[C@@H](CCCN=C(N)N)C(=O)N[C@@H](CCCN=C(N)N)C(N)=O)[C@@H](C)O. The lowest BCUT2D eigenvalue weighted by atomic mass is 10.0. The molecule has 2 aliphatic rings. The Kier molecular flexibility index (Phi) is 25.8. The minimum atomic E-state index is -4.31. The number of unbranched alkanes of at least 4 members (excludes halogenated alkanes) is 1. The van der Waals surface area contributed by atoms with E-state index in [1.165, 1.54) is 22.8 Å². The number of carbonyl (C=O) groups excluding carboxylic acids is 8. The van der Waals surface area contributed by atoms with Gasteiger partial charge in [-0.3, -0.25) is 48.3 Å². The summed E-state index contributed by atoms with van der Waals surface area (Å²) in [5.41, 5.74) is 33.8. The minimum absolute atomic E-state index is 0.0142. The molecule has 8 amide bonds. The first-order chi connectivity index (χ1) is 38.3. The third-order valence-corrected chi connectivity index (χ3v) is 15.4. The zero-order valence-corrected chi connectivity index (χ0v) is 47.8. The number of anilines is 1. The smallest absolute Gasteiger partial charge is 0.245 e. The van der Waals surface area contributed by atoms with E-state index in [0.717, 1.165) is 5.69 Å². The highest BCUT2D eigenvalue weighted by atomic mass is 32.2. The quantitative estimate of drug-likeness (QED) is 0.0194. The van der Waals surface area contributed by atoms with Gasteiger partial charge in [0, 0.05) is 56.7 Å². The van der Waals surface area contributed by atoms with Crippen molar-refractivity contribution in [3.63, 3.8) is 0 Å². The molecule has 2 saturated heterocycles. The number of nitrogens with two attached hydrogens (primary N) is 6. The summed E-state index contributed by atoms with van der Waals surface area (Å²) >= 11 is 0. The molecule has 0 aliphatic carbocycles. The normalized spacial score (nSPS) is 17.4. The van der Waals surface area contributed by atoms with Crippen LogP contribution in [0.1, 0.15) is 97.8 Å². The number of sulfonamides is 1. The summed E-state index contributed by atoms with van der Waals surface area (Å²) in [5, 5.41) is 24.8. The highest BCUT2D eigenvalue weighted by molar-refractivity contribution is 7.89. The second-order valence-corrected chi connectivity index (χ2v) is 22.7. The average molecular weight is 1160 g/mol. The van der Waals surface area contributed by atoms with Gasteiger partial charge in [0.15, 0.2) is 11.9 Å². The molecule has 8 atom stereocenters. The predicted molar refractivity (Wildman–Crippen MR) is 306 cm³/mol. The molecule has 2 aromatic carbocycles. The molecule has 28 nitrogen and oxygen atoms in total. The predicted octanol–water partition coefficient (Wildman–Crippen LogP) is -3.26. The van der Waals surface area contributed by atoms with Crippen LogP contribution in [0, 0.1) is 5.92 Å². The first-order valence-electron chi connectivity index (χ1n) is 27.4. The van der Waals surface area contributed by atoms with Gasteiger partial charge in [0.1, 0.15) is 42.3 Å². The van der Waals surface area contributed by atoms with Gasteiger partial charge < -0.3 is 80.8 Å². The fourth-order valence-corrected chi connectivity index (χ4v) is 11.2. The van der Waals surface area contributed by atoms with Crippen LogP contribution in [0.2, 0.25) is 0 Å². The van der Waals surface area contributed by atoms with Gasteiger partial charge in [0.05, 0.1) is 17.5 Å². The van der Waals surface area contributed by atoms with E-state index in [2.05, 4.69) is 41.3 Å².